The molecular weight excluding hydrogens is 257 g/mol. The van der Waals surface area contributed by atoms with Gasteiger partial charge < -0.3 is 18.9 Å². The van der Waals surface area contributed by atoms with Gasteiger partial charge in [-0.05, 0) is 27.7 Å². The summed E-state index contributed by atoms with van der Waals surface area (Å²) >= 11 is 0. The van der Waals surface area contributed by atoms with Gasteiger partial charge in [0.15, 0.2) is 0 Å². The van der Waals surface area contributed by atoms with Crippen molar-refractivity contribution in [2.75, 3.05) is 27.1 Å². The first-order valence-corrected chi connectivity index (χ1v) is 6.34. The van der Waals surface area contributed by atoms with Gasteiger partial charge in [-0.2, -0.15) is 6.61 Å². The van der Waals surface area contributed by atoms with Gasteiger partial charge in [-0.25, -0.2) is 4.79 Å². The predicted molar refractivity (Wildman–Crippen MR) is 69.2 cm³/mol. The van der Waals surface area contributed by atoms with Crippen LogP contribution in [0.25, 0.3) is 0 Å². The fourth-order valence-corrected chi connectivity index (χ4v) is 2.13. The van der Waals surface area contributed by atoms with Crippen molar-refractivity contribution in [3.05, 3.63) is 6.61 Å². The Labute approximate surface area is 133 Å². The zero-order chi connectivity index (χ0) is 14.5. The summed E-state index contributed by atoms with van der Waals surface area (Å²) in [7, 11) is 1.56. The number of amides is 1. The Bertz CT molecular complexity index is 293. The first kappa shape index (κ1) is 19.7. The molecule has 112 valence electrons. The Balaban J connectivity index is 0.00000361. The minimum absolute atomic E-state index is 0. The summed E-state index contributed by atoms with van der Waals surface area (Å²) < 4.78 is 20.6. The van der Waals surface area contributed by atoms with Crippen LogP contribution in [0.1, 0.15) is 34.1 Å². The second kappa shape index (κ2) is 8.25. The molecular formula is C13H24LiNO5. The van der Waals surface area contributed by atoms with Gasteiger partial charge in [-0.3, -0.25) is 4.90 Å². The second-order valence-electron chi connectivity index (χ2n) is 5.54. The van der Waals surface area contributed by atoms with Crippen LogP contribution in [0.3, 0.4) is 0 Å². The van der Waals surface area contributed by atoms with E-state index in [1.165, 1.54) is 6.61 Å². The Morgan fingerprint density at radius 3 is 2.50 bits per heavy atom. The standard InChI is InChI=1S/C13H24NO5.Li/c1-12(2)9-19-13(3,4)14(12)11(15)18-8-6-7-17-10-16-5;/h8H,6-7,9-10H2,1-5H3;/q-1;+1. The van der Waals surface area contributed by atoms with Crippen LogP contribution in [0, 0.1) is 6.61 Å². The van der Waals surface area contributed by atoms with Crippen molar-refractivity contribution in [2.45, 2.75) is 45.4 Å². The number of hydrogen-bond acceptors (Lipinski definition) is 5. The molecule has 0 spiro atoms. The van der Waals surface area contributed by atoms with Crippen molar-refractivity contribution in [1.82, 2.24) is 4.90 Å². The van der Waals surface area contributed by atoms with Crippen LogP contribution in [0.2, 0.25) is 0 Å². The van der Waals surface area contributed by atoms with Crippen LogP contribution >= 0.6 is 0 Å². The molecule has 1 rings (SSSR count). The molecule has 1 fully saturated rings. The summed E-state index contributed by atoms with van der Waals surface area (Å²) in [6.45, 7) is 10.2. The third-order valence-corrected chi connectivity index (χ3v) is 2.87. The minimum atomic E-state index is -0.652. The molecule has 0 unspecified atom stereocenters. The first-order valence-electron chi connectivity index (χ1n) is 6.34. The summed E-state index contributed by atoms with van der Waals surface area (Å²) in [6.07, 6.45) is 0.115. The molecule has 0 aromatic rings. The van der Waals surface area contributed by atoms with Gasteiger partial charge in [0.1, 0.15) is 12.5 Å². The summed E-state index contributed by atoms with van der Waals surface area (Å²) in [5.74, 6) is 0. The maximum atomic E-state index is 12.1. The van der Waals surface area contributed by atoms with E-state index >= 15 is 0 Å². The summed E-state index contributed by atoms with van der Waals surface area (Å²) in [6, 6.07) is 0. The third kappa shape index (κ3) is 5.27. The fourth-order valence-electron chi connectivity index (χ4n) is 2.13. The number of hydrogen-bond donors (Lipinski definition) is 0. The van der Waals surface area contributed by atoms with Crippen LogP contribution in [-0.4, -0.2) is 49.4 Å². The molecule has 1 amide bonds. The van der Waals surface area contributed by atoms with Gasteiger partial charge >= 0.3 is 25.0 Å². The largest absolute Gasteiger partial charge is 1.00 e. The molecule has 1 saturated heterocycles. The molecule has 0 radical (unpaired) electrons. The van der Waals surface area contributed by atoms with E-state index in [-0.39, 0.29) is 31.2 Å². The van der Waals surface area contributed by atoms with E-state index in [1.807, 2.05) is 27.7 Å². The Morgan fingerprint density at radius 2 is 2.00 bits per heavy atom. The molecule has 6 nitrogen and oxygen atoms in total. The van der Waals surface area contributed by atoms with Crippen molar-refractivity contribution < 1.29 is 42.6 Å². The average molecular weight is 281 g/mol. The van der Waals surface area contributed by atoms with E-state index in [0.29, 0.717) is 19.6 Å². The van der Waals surface area contributed by atoms with Gasteiger partial charge in [0.05, 0.1) is 12.1 Å². The molecule has 0 saturated carbocycles. The Morgan fingerprint density at radius 1 is 1.35 bits per heavy atom. The van der Waals surface area contributed by atoms with Crippen molar-refractivity contribution in [3.8, 4) is 0 Å². The number of ether oxygens (including phenoxy) is 4. The quantitative estimate of drug-likeness (QED) is 0.275. The van der Waals surface area contributed by atoms with Gasteiger partial charge in [-0.15, -0.1) is 6.42 Å². The van der Waals surface area contributed by atoms with E-state index in [2.05, 4.69) is 0 Å². The first-order chi connectivity index (χ1) is 8.81. The maximum absolute atomic E-state index is 12.1. The Kier molecular flexibility index (Phi) is 8.15. The molecule has 0 atom stereocenters. The van der Waals surface area contributed by atoms with Crippen LogP contribution in [0.4, 0.5) is 4.79 Å². The molecule has 0 aromatic carbocycles. The number of rotatable bonds is 6. The van der Waals surface area contributed by atoms with E-state index in [4.69, 9.17) is 18.9 Å². The van der Waals surface area contributed by atoms with Crippen LogP contribution in [-0.2, 0) is 18.9 Å². The molecule has 0 bridgehead atoms. The smallest absolute Gasteiger partial charge is 0.621 e. The van der Waals surface area contributed by atoms with E-state index < -0.39 is 11.8 Å². The van der Waals surface area contributed by atoms with E-state index in [1.54, 1.807) is 12.0 Å². The van der Waals surface area contributed by atoms with Crippen LogP contribution in [0.15, 0.2) is 0 Å². The topological polar surface area (TPSA) is 57.2 Å². The summed E-state index contributed by atoms with van der Waals surface area (Å²) in [5.41, 5.74) is -1.03. The molecule has 0 N–H and O–H groups in total. The van der Waals surface area contributed by atoms with E-state index in [9.17, 15) is 4.79 Å². The molecule has 0 aliphatic carbocycles. The normalized spacial score (nSPS) is 19.6. The number of methoxy groups -OCH3 is 1. The van der Waals surface area contributed by atoms with Crippen molar-refractivity contribution in [3.63, 3.8) is 0 Å². The van der Waals surface area contributed by atoms with Gasteiger partial charge in [0, 0.05) is 13.7 Å². The summed E-state index contributed by atoms with van der Waals surface area (Å²) in [4.78, 5) is 13.7. The van der Waals surface area contributed by atoms with Gasteiger partial charge in [-0.1, -0.05) is 0 Å². The molecule has 0 aromatic heterocycles. The third-order valence-electron chi connectivity index (χ3n) is 2.87. The van der Waals surface area contributed by atoms with E-state index in [0.717, 1.165) is 0 Å². The van der Waals surface area contributed by atoms with Crippen molar-refractivity contribution in [2.24, 2.45) is 0 Å². The molecule has 1 aliphatic rings. The van der Waals surface area contributed by atoms with Gasteiger partial charge in [0.25, 0.3) is 0 Å². The SMILES string of the molecule is COCOCC[CH-]OC(=O)N1C(C)(C)COC1(C)C.[Li+]. The fraction of sp³-hybridized carbons (Fsp3) is 0.846. The predicted octanol–water partition coefficient (Wildman–Crippen LogP) is -0.854. The molecule has 1 aliphatic heterocycles. The van der Waals surface area contributed by atoms with Gasteiger partial charge in [0.2, 0.25) is 0 Å². The zero-order valence-electron chi connectivity index (χ0n) is 13.4. The zero-order valence-corrected chi connectivity index (χ0v) is 13.4. The van der Waals surface area contributed by atoms with Crippen molar-refractivity contribution in [1.29, 1.82) is 0 Å². The molecule has 7 heteroatoms. The second-order valence-corrected chi connectivity index (χ2v) is 5.54. The average Bonchev–Trinajstić information content (AvgIpc) is 2.53. The minimum Gasteiger partial charge on any atom is -0.621 e. The number of carbonyl (C=O) groups is 1. The summed E-state index contributed by atoms with van der Waals surface area (Å²) in [5, 5.41) is 0. The maximum Gasteiger partial charge on any atom is 1.00 e. The van der Waals surface area contributed by atoms with Crippen LogP contribution in [0.5, 0.6) is 0 Å². The monoisotopic (exact) mass is 281 g/mol. The number of nitrogens with zero attached hydrogens (tertiary/aromatic N) is 1. The number of carbonyl (C=O) groups excluding carboxylic acids is 1. The molecule has 20 heavy (non-hydrogen) atoms. The van der Waals surface area contributed by atoms with Crippen LogP contribution < -0.4 is 18.9 Å². The van der Waals surface area contributed by atoms with Crippen molar-refractivity contribution >= 4 is 6.09 Å². The Hall–Kier alpha value is -0.253. The molecule has 1 heterocycles.